The number of allylic oxidation sites excluding steroid dienone is 2. The zero-order valence-electron chi connectivity index (χ0n) is 37.6. The van der Waals surface area contributed by atoms with Gasteiger partial charge >= 0.3 is 5.97 Å². The first kappa shape index (κ1) is 46.2. The van der Waals surface area contributed by atoms with Crippen LogP contribution in [0.25, 0.3) is 0 Å². The van der Waals surface area contributed by atoms with Gasteiger partial charge in [-0.2, -0.15) is 0 Å². The highest BCUT2D eigenvalue weighted by Crippen LogP contribution is 2.60. The Hall–Kier alpha value is -2.90. The molecule has 12 nitrogen and oxygen atoms in total. The molecule has 5 aliphatic carbocycles. The van der Waals surface area contributed by atoms with E-state index in [0.29, 0.717) is 61.2 Å². The molecule has 1 aromatic carbocycles. The Balaban J connectivity index is 1.16. The van der Waals surface area contributed by atoms with Gasteiger partial charge < -0.3 is 51.6 Å². The molecule has 1 aromatic rings. The van der Waals surface area contributed by atoms with Crippen molar-refractivity contribution < 1.29 is 34.7 Å². The number of ether oxygens (including phenoxy) is 2. The highest BCUT2D eigenvalue weighted by atomic mass is 33.1. The number of benzene rings is 1. The van der Waals surface area contributed by atoms with Gasteiger partial charge in [-0.3, -0.25) is 4.79 Å². The summed E-state index contributed by atoms with van der Waals surface area (Å²) >= 11 is 0. The van der Waals surface area contributed by atoms with Gasteiger partial charge in [0.05, 0.1) is 35.8 Å². The molecule has 2 saturated carbocycles. The average Bonchev–Trinajstić information content (AvgIpc) is 3.64. The van der Waals surface area contributed by atoms with Crippen molar-refractivity contribution in [3.05, 3.63) is 47.6 Å². The minimum Gasteiger partial charge on any atom is -0.504 e. The Morgan fingerprint density at radius 3 is 2.77 bits per heavy atom. The molecule has 3 heterocycles. The SMILES string of the molecule is CC(=O)O[C@H]1C[C@@H](O)CC[C@@]23C#C[C@H]4CCC[C@]5(CNCCSSC[C@@]6(C[C@@H]7C=C[C@H]8CCC[C@]8(C7)C6)NC(N)=N[C@@H]2C=CC[C@H]3O)C[C@H](CCN5)Oc2cc(c(CO)cc2O)C[C@H]14. The van der Waals surface area contributed by atoms with E-state index in [-0.39, 0.29) is 47.3 Å². The van der Waals surface area contributed by atoms with Crippen LogP contribution >= 0.6 is 21.6 Å². The number of guanidine groups is 1. The lowest BCUT2D eigenvalue weighted by molar-refractivity contribution is -0.152. The molecule has 8 bridgehead atoms. The van der Waals surface area contributed by atoms with Crippen LogP contribution in [0.2, 0.25) is 0 Å². The van der Waals surface area contributed by atoms with E-state index < -0.39 is 41.7 Å². The Morgan fingerprint density at radius 1 is 1.03 bits per heavy atom. The van der Waals surface area contributed by atoms with E-state index in [0.717, 1.165) is 75.2 Å². The quantitative estimate of drug-likeness (QED) is 0.0787. The number of hydrogen-bond acceptors (Lipinski definition) is 14. The number of aliphatic hydroxyl groups is 3. The van der Waals surface area contributed by atoms with Crippen molar-refractivity contribution >= 4 is 33.5 Å². The number of aliphatic imine (C=N–C) groups is 1. The molecule has 3 aliphatic heterocycles. The number of piperidine rings is 1. The molecular formula is C50H71N5O7S2. The second-order valence-electron chi connectivity index (χ2n) is 20.8. The molecule has 0 unspecified atom stereocenters. The number of nitrogens with two attached hydrogens (primary N) is 1. The summed E-state index contributed by atoms with van der Waals surface area (Å²) in [7, 11) is 3.85. The van der Waals surface area contributed by atoms with E-state index in [2.05, 4.69) is 46.0 Å². The zero-order chi connectivity index (χ0) is 44.5. The van der Waals surface area contributed by atoms with E-state index in [1.54, 1.807) is 6.07 Å². The molecule has 64 heavy (non-hydrogen) atoms. The third-order valence-corrected chi connectivity index (χ3v) is 19.0. The molecule has 3 fully saturated rings. The van der Waals surface area contributed by atoms with Crippen LogP contribution in [-0.2, 0) is 22.6 Å². The summed E-state index contributed by atoms with van der Waals surface area (Å²) in [4.78, 5) is 18.2. The molecule has 0 aromatic heterocycles. The van der Waals surface area contributed by atoms with Crippen LogP contribution in [0.3, 0.4) is 0 Å². The second-order valence-corrected chi connectivity index (χ2v) is 23.4. The van der Waals surface area contributed by atoms with E-state index >= 15 is 0 Å². The molecule has 4 spiro atoms. The van der Waals surface area contributed by atoms with Crippen molar-refractivity contribution in [1.82, 2.24) is 16.0 Å². The van der Waals surface area contributed by atoms with Crippen molar-refractivity contribution in [3.8, 4) is 23.3 Å². The Kier molecular flexibility index (Phi) is 14.0. The normalized spacial score (nSPS) is 41.4. The fraction of sp³-hybridized carbons (Fsp3) is 0.720. The third kappa shape index (κ3) is 9.74. The molecule has 1 saturated heterocycles. The van der Waals surface area contributed by atoms with Crippen molar-refractivity contribution in [1.29, 1.82) is 0 Å². The number of phenolic OH excluding ortho intramolecular Hbond substituents is 1. The van der Waals surface area contributed by atoms with E-state index in [1.165, 1.54) is 32.6 Å². The Labute approximate surface area is 387 Å². The van der Waals surface area contributed by atoms with Gasteiger partial charge in [-0.1, -0.05) is 70.6 Å². The van der Waals surface area contributed by atoms with Gasteiger partial charge in [-0.25, -0.2) is 4.99 Å². The summed E-state index contributed by atoms with van der Waals surface area (Å²) in [6, 6.07) is 2.86. The Bertz CT molecular complexity index is 2030. The van der Waals surface area contributed by atoms with Gasteiger partial charge in [0.2, 0.25) is 0 Å². The van der Waals surface area contributed by atoms with Gasteiger partial charge in [-0.05, 0) is 124 Å². The number of esters is 1. The molecule has 0 radical (unpaired) electrons. The Morgan fingerprint density at radius 2 is 1.91 bits per heavy atom. The van der Waals surface area contributed by atoms with Crippen molar-refractivity contribution in [3.63, 3.8) is 0 Å². The maximum absolute atomic E-state index is 12.9. The fourth-order valence-corrected chi connectivity index (χ4v) is 16.0. The molecule has 14 heteroatoms. The summed E-state index contributed by atoms with van der Waals surface area (Å²) in [5.74, 6) is 9.96. The first-order chi connectivity index (χ1) is 30.9. The number of hydrogen-bond donors (Lipinski definition) is 8. The number of nitrogens with one attached hydrogen (secondary N) is 3. The summed E-state index contributed by atoms with van der Waals surface area (Å²) in [6.07, 6.45) is 19.0. The standard InChI is InChI=1S/C50H71N5O7S2/c1-32(57)61-42-24-38(58)12-17-50-16-11-34-5-3-15-48(27-39(13-18-53-48)62-43-23-35(21-40(34)42)36(28-56)22-41(43)59)30-52-19-20-63-64-31-49(55-46(51)54-44(50)7-2-8-45(50)60)26-33-9-10-37-6-4-14-47(37,25-33)29-49/h2,7,9-10,22-23,33-34,37-40,42,44-45,52-53,56,58-60H,3-6,8,12-15,17-21,24-31H2,1H3,(H3,51,54,55)/t33-,34-,37-,38+,39+,40+,42+,44-,45-,47+,48-,49+,50+/m1/s1. The van der Waals surface area contributed by atoms with Gasteiger partial charge in [0, 0.05) is 61.7 Å². The first-order valence-corrected chi connectivity index (χ1v) is 26.7. The van der Waals surface area contributed by atoms with Gasteiger partial charge in [0.1, 0.15) is 12.2 Å². The lowest BCUT2D eigenvalue weighted by Gasteiger charge is -2.53. The fourth-order valence-electron chi connectivity index (χ4n) is 13.5. The van der Waals surface area contributed by atoms with Crippen molar-refractivity contribution in [2.24, 2.45) is 45.2 Å². The maximum Gasteiger partial charge on any atom is 0.302 e. The molecule has 9 N–H and O–H groups in total. The molecule has 9 rings (SSSR count). The van der Waals surface area contributed by atoms with Crippen LogP contribution in [0.15, 0.2) is 41.4 Å². The minimum atomic E-state index is -1.04. The number of nitrogens with zero attached hydrogens (tertiary/aromatic N) is 1. The number of fused-ring (bicyclic) bond motifs is 6. The predicted molar refractivity (Wildman–Crippen MR) is 254 cm³/mol. The van der Waals surface area contributed by atoms with Crippen molar-refractivity contribution in [2.45, 2.75) is 158 Å². The molecular weight excluding hydrogens is 847 g/mol. The summed E-state index contributed by atoms with van der Waals surface area (Å²) < 4.78 is 12.9. The summed E-state index contributed by atoms with van der Waals surface area (Å²) in [5.41, 5.74) is 7.14. The van der Waals surface area contributed by atoms with Crippen LogP contribution < -0.4 is 26.4 Å². The first-order valence-electron chi connectivity index (χ1n) is 24.2. The molecule has 350 valence electrons. The summed E-state index contributed by atoms with van der Waals surface area (Å²) in [5, 5.41) is 57.8. The smallest absolute Gasteiger partial charge is 0.302 e. The average molecular weight is 918 g/mol. The third-order valence-electron chi connectivity index (χ3n) is 16.5. The highest BCUT2D eigenvalue weighted by Gasteiger charge is 2.55. The number of carbonyl (C=O) groups is 1. The van der Waals surface area contributed by atoms with Crippen LogP contribution in [0.5, 0.6) is 11.5 Å². The van der Waals surface area contributed by atoms with E-state index in [4.69, 9.17) is 20.2 Å². The van der Waals surface area contributed by atoms with E-state index in [1.807, 2.05) is 33.7 Å². The summed E-state index contributed by atoms with van der Waals surface area (Å²) in [6.45, 7) is 3.47. The largest absolute Gasteiger partial charge is 0.504 e. The number of rotatable bonds is 2. The van der Waals surface area contributed by atoms with Crippen LogP contribution in [0.1, 0.15) is 114 Å². The van der Waals surface area contributed by atoms with Crippen LogP contribution in [0.4, 0.5) is 0 Å². The van der Waals surface area contributed by atoms with Gasteiger partial charge in [-0.15, -0.1) is 0 Å². The number of aromatic hydroxyl groups is 1. The molecule has 0 amide bonds. The molecule has 13 atom stereocenters. The lowest BCUT2D eigenvalue weighted by Crippen LogP contribution is -2.60. The van der Waals surface area contributed by atoms with Gasteiger partial charge in [0.15, 0.2) is 17.5 Å². The minimum absolute atomic E-state index is 0.0231. The van der Waals surface area contributed by atoms with Crippen LogP contribution in [0, 0.1) is 46.3 Å². The number of aliphatic hydroxyl groups excluding tert-OH is 3. The van der Waals surface area contributed by atoms with E-state index in [9.17, 15) is 25.2 Å². The topological polar surface area (TPSA) is 191 Å². The predicted octanol–water partition coefficient (Wildman–Crippen LogP) is 5.65. The monoisotopic (exact) mass is 917 g/mol. The zero-order valence-corrected chi connectivity index (χ0v) is 39.2. The van der Waals surface area contributed by atoms with Crippen LogP contribution in [-0.4, -0.2) is 105 Å². The lowest BCUT2D eigenvalue weighted by atomic mass is 9.56. The molecule has 8 aliphatic rings. The second kappa shape index (κ2) is 19.4. The highest BCUT2D eigenvalue weighted by molar-refractivity contribution is 8.76. The van der Waals surface area contributed by atoms with Gasteiger partial charge in [0.25, 0.3) is 0 Å². The maximum atomic E-state index is 12.9. The number of phenols is 1. The van der Waals surface area contributed by atoms with Crippen molar-refractivity contribution in [2.75, 3.05) is 31.1 Å². The number of carbonyl (C=O) groups excluding carboxylic acids is 1.